The molecule has 1 rings (SSSR count). The van der Waals surface area contributed by atoms with Gasteiger partial charge in [-0.2, -0.15) is 0 Å². The highest BCUT2D eigenvalue weighted by Crippen LogP contribution is 2.19. The summed E-state index contributed by atoms with van der Waals surface area (Å²) >= 11 is 0. The summed E-state index contributed by atoms with van der Waals surface area (Å²) in [6, 6.07) is 0.838. The first-order chi connectivity index (χ1) is 7.71. The zero-order valence-corrected chi connectivity index (χ0v) is 10.2. The quantitative estimate of drug-likeness (QED) is 0.612. The van der Waals surface area contributed by atoms with Crippen LogP contribution in [-0.4, -0.2) is 22.8 Å². The van der Waals surface area contributed by atoms with Gasteiger partial charge in [0.25, 0.3) is 5.91 Å². The maximum absolute atomic E-state index is 11.8. The second kappa shape index (κ2) is 4.58. The Balaban J connectivity index is 2.71. The monoisotopic (exact) mass is 238 g/mol. The molecule has 1 aromatic rings. The predicted molar refractivity (Wildman–Crippen MR) is 65.4 cm³/mol. The van der Waals surface area contributed by atoms with Gasteiger partial charge in [0.2, 0.25) is 5.91 Å². The van der Waals surface area contributed by atoms with Crippen LogP contribution in [0.3, 0.4) is 0 Å². The molecule has 6 N–H and O–H groups in total. The van der Waals surface area contributed by atoms with Crippen molar-refractivity contribution < 1.29 is 9.59 Å². The molecule has 2 amide bonds. The van der Waals surface area contributed by atoms with Gasteiger partial charge in [-0.15, -0.1) is 0 Å². The zero-order valence-electron chi connectivity index (χ0n) is 10.2. The van der Waals surface area contributed by atoms with Gasteiger partial charge in [-0.1, -0.05) is 20.8 Å². The van der Waals surface area contributed by atoms with Crippen molar-refractivity contribution in [3.63, 3.8) is 0 Å². The summed E-state index contributed by atoms with van der Waals surface area (Å²) in [5, 5.41) is 2.62. The third-order valence-corrected chi connectivity index (χ3v) is 2.43. The number of anilines is 1. The molecule has 1 heterocycles. The Hall–Kier alpha value is -1.82. The first-order valence-corrected chi connectivity index (χ1v) is 5.26. The van der Waals surface area contributed by atoms with Crippen LogP contribution in [0.15, 0.2) is 12.3 Å². The second-order valence-electron chi connectivity index (χ2n) is 5.00. The third kappa shape index (κ3) is 3.32. The van der Waals surface area contributed by atoms with E-state index in [0.29, 0.717) is 5.69 Å². The van der Waals surface area contributed by atoms with Crippen LogP contribution >= 0.6 is 0 Å². The maximum atomic E-state index is 11.8. The number of primary amides is 1. The molecule has 0 aromatic carbocycles. The van der Waals surface area contributed by atoms with E-state index in [1.54, 1.807) is 0 Å². The van der Waals surface area contributed by atoms with E-state index in [9.17, 15) is 9.59 Å². The standard InChI is InChI=1S/C11H18N4O2/c1-11(2,3)8(12)10(17)15-6-4-7(9(13)16)14-5-6/h4-5,8,14H,12H2,1-3H3,(H2,13,16)(H,15,17)/t8-/m1/s1. The normalized spacial score (nSPS) is 13.2. The van der Waals surface area contributed by atoms with Crippen LogP contribution in [0, 0.1) is 5.41 Å². The molecule has 0 saturated carbocycles. The Bertz CT molecular complexity index is 431. The molecule has 1 aromatic heterocycles. The van der Waals surface area contributed by atoms with Crippen molar-refractivity contribution in [2.75, 3.05) is 5.32 Å². The molecular weight excluding hydrogens is 220 g/mol. The van der Waals surface area contributed by atoms with Crippen molar-refractivity contribution in [2.45, 2.75) is 26.8 Å². The molecule has 0 bridgehead atoms. The summed E-state index contributed by atoms with van der Waals surface area (Å²) in [7, 11) is 0. The van der Waals surface area contributed by atoms with Gasteiger partial charge in [0.15, 0.2) is 0 Å². The van der Waals surface area contributed by atoms with Crippen molar-refractivity contribution in [1.82, 2.24) is 4.98 Å². The van der Waals surface area contributed by atoms with Gasteiger partial charge in [0, 0.05) is 6.20 Å². The minimum Gasteiger partial charge on any atom is -0.364 e. The molecule has 0 saturated heterocycles. The number of aromatic nitrogens is 1. The van der Waals surface area contributed by atoms with Crippen LogP contribution in [0.5, 0.6) is 0 Å². The third-order valence-electron chi connectivity index (χ3n) is 2.43. The van der Waals surface area contributed by atoms with Crippen LogP contribution in [0.1, 0.15) is 31.3 Å². The topological polar surface area (TPSA) is 114 Å². The predicted octanol–water partition coefficient (Wildman–Crippen LogP) is 0.426. The molecule has 6 heteroatoms. The van der Waals surface area contributed by atoms with Gasteiger partial charge in [-0.25, -0.2) is 0 Å². The van der Waals surface area contributed by atoms with Gasteiger partial charge in [-0.05, 0) is 11.5 Å². The largest absolute Gasteiger partial charge is 0.364 e. The highest BCUT2D eigenvalue weighted by molar-refractivity contribution is 5.97. The number of aromatic amines is 1. The molecule has 0 fully saturated rings. The molecule has 94 valence electrons. The van der Waals surface area contributed by atoms with Crippen molar-refractivity contribution in [1.29, 1.82) is 0 Å². The highest BCUT2D eigenvalue weighted by atomic mass is 16.2. The van der Waals surface area contributed by atoms with E-state index >= 15 is 0 Å². The molecule has 0 radical (unpaired) electrons. The minimum atomic E-state index is -0.630. The molecule has 0 unspecified atom stereocenters. The first-order valence-electron chi connectivity index (χ1n) is 5.26. The average Bonchev–Trinajstić information content (AvgIpc) is 2.63. The number of amides is 2. The number of hydrogen-bond acceptors (Lipinski definition) is 3. The molecule has 0 aliphatic rings. The summed E-state index contributed by atoms with van der Waals surface area (Å²) < 4.78 is 0. The van der Waals surface area contributed by atoms with Gasteiger partial charge in [-0.3, -0.25) is 9.59 Å². The Kier molecular flexibility index (Phi) is 3.57. The van der Waals surface area contributed by atoms with Gasteiger partial charge >= 0.3 is 0 Å². The van der Waals surface area contributed by atoms with E-state index in [1.165, 1.54) is 12.3 Å². The molecule has 17 heavy (non-hydrogen) atoms. The number of nitrogens with two attached hydrogens (primary N) is 2. The van der Waals surface area contributed by atoms with E-state index in [2.05, 4.69) is 10.3 Å². The van der Waals surface area contributed by atoms with Gasteiger partial charge < -0.3 is 21.8 Å². The Morgan fingerprint density at radius 2 is 2.00 bits per heavy atom. The van der Waals surface area contributed by atoms with Crippen molar-refractivity contribution in [3.8, 4) is 0 Å². The number of carbonyl (C=O) groups excluding carboxylic acids is 2. The molecule has 6 nitrogen and oxygen atoms in total. The Morgan fingerprint density at radius 3 is 2.41 bits per heavy atom. The number of carbonyl (C=O) groups is 2. The minimum absolute atomic E-state index is 0.240. The lowest BCUT2D eigenvalue weighted by Gasteiger charge is -2.25. The average molecular weight is 238 g/mol. The molecule has 1 atom stereocenters. The fraction of sp³-hybridized carbons (Fsp3) is 0.455. The smallest absolute Gasteiger partial charge is 0.265 e. The Morgan fingerprint density at radius 1 is 1.41 bits per heavy atom. The number of hydrogen-bond donors (Lipinski definition) is 4. The summed E-state index contributed by atoms with van der Waals surface area (Å²) in [4.78, 5) is 25.3. The van der Waals surface area contributed by atoms with Crippen LogP contribution < -0.4 is 16.8 Å². The van der Waals surface area contributed by atoms with Crippen LogP contribution in [0.2, 0.25) is 0 Å². The van der Waals surface area contributed by atoms with Crippen molar-refractivity contribution in [3.05, 3.63) is 18.0 Å². The lowest BCUT2D eigenvalue weighted by Crippen LogP contribution is -2.45. The molecule has 0 aliphatic heterocycles. The first kappa shape index (κ1) is 13.2. The van der Waals surface area contributed by atoms with Gasteiger partial charge in [0.05, 0.1) is 11.7 Å². The fourth-order valence-electron chi connectivity index (χ4n) is 1.22. The second-order valence-corrected chi connectivity index (χ2v) is 5.00. The molecule has 0 spiro atoms. The lowest BCUT2D eigenvalue weighted by atomic mass is 9.87. The number of rotatable bonds is 3. The van der Waals surface area contributed by atoms with E-state index in [1.807, 2.05) is 20.8 Å². The zero-order chi connectivity index (χ0) is 13.2. The van der Waals surface area contributed by atoms with E-state index in [4.69, 9.17) is 11.5 Å². The van der Waals surface area contributed by atoms with E-state index in [-0.39, 0.29) is 17.0 Å². The summed E-state index contributed by atoms with van der Waals surface area (Å²) in [5.41, 5.74) is 11.3. The molecule has 0 aliphatic carbocycles. The van der Waals surface area contributed by atoms with E-state index < -0.39 is 11.9 Å². The fourth-order valence-corrected chi connectivity index (χ4v) is 1.22. The number of nitrogens with one attached hydrogen (secondary N) is 2. The van der Waals surface area contributed by atoms with Crippen molar-refractivity contribution >= 4 is 17.5 Å². The van der Waals surface area contributed by atoms with Crippen LogP contribution in [0.4, 0.5) is 5.69 Å². The maximum Gasteiger partial charge on any atom is 0.265 e. The summed E-state index contributed by atoms with van der Waals surface area (Å²) in [5.74, 6) is -0.877. The SMILES string of the molecule is CC(C)(C)[C@H](N)C(=O)Nc1c[nH]c(C(N)=O)c1. The number of H-pyrrole nitrogens is 1. The lowest BCUT2D eigenvalue weighted by molar-refractivity contribution is -0.119. The van der Waals surface area contributed by atoms with Crippen LogP contribution in [0.25, 0.3) is 0 Å². The highest BCUT2D eigenvalue weighted by Gasteiger charge is 2.27. The summed E-state index contributed by atoms with van der Waals surface area (Å²) in [6.07, 6.45) is 1.49. The van der Waals surface area contributed by atoms with E-state index in [0.717, 1.165) is 0 Å². The molecular formula is C11H18N4O2. The Labute approximate surface area is 99.7 Å². The summed E-state index contributed by atoms with van der Waals surface area (Å²) in [6.45, 7) is 5.63. The van der Waals surface area contributed by atoms with Crippen molar-refractivity contribution in [2.24, 2.45) is 16.9 Å². The van der Waals surface area contributed by atoms with Crippen LogP contribution in [-0.2, 0) is 4.79 Å². The van der Waals surface area contributed by atoms with Gasteiger partial charge in [0.1, 0.15) is 5.69 Å².